The van der Waals surface area contributed by atoms with Crippen LogP contribution in [0, 0.1) is 0 Å². The average Bonchev–Trinajstić information content (AvgIpc) is 3.04. The number of fused-ring (bicyclic) bond motifs is 1. The third kappa shape index (κ3) is 3.01. The second-order valence-electron chi connectivity index (χ2n) is 6.64. The van der Waals surface area contributed by atoms with Crippen LogP contribution in [0.5, 0.6) is 0 Å². The lowest BCUT2D eigenvalue weighted by Gasteiger charge is -2.42. The molecule has 140 valence electrons. The van der Waals surface area contributed by atoms with Crippen molar-refractivity contribution in [2.24, 2.45) is 0 Å². The minimum Gasteiger partial charge on any atom is -0.379 e. The van der Waals surface area contributed by atoms with Gasteiger partial charge in [0.2, 0.25) is 0 Å². The molecule has 1 aromatic carbocycles. The summed E-state index contributed by atoms with van der Waals surface area (Å²) in [4.78, 5) is 17.5. The third-order valence-corrected chi connectivity index (χ3v) is 7.06. The summed E-state index contributed by atoms with van der Waals surface area (Å²) in [6.45, 7) is 2.18. The standard InChI is InChI=1S/C17H22N4O4S/c1-25-14-11-21(12-14)26(23,24)20-8-6-19(7-9-20)17(22)16-10-13-4-2-3-5-15(13)18-16/h2-5,10,14,18H,6-9,11-12H2,1H3. The zero-order valence-electron chi connectivity index (χ0n) is 14.6. The van der Waals surface area contributed by atoms with E-state index in [1.165, 1.54) is 8.61 Å². The van der Waals surface area contributed by atoms with E-state index in [0.29, 0.717) is 45.0 Å². The van der Waals surface area contributed by atoms with Crippen molar-refractivity contribution in [3.8, 4) is 0 Å². The summed E-state index contributed by atoms with van der Waals surface area (Å²) < 4.78 is 33.2. The van der Waals surface area contributed by atoms with Crippen LogP contribution in [0.3, 0.4) is 0 Å². The van der Waals surface area contributed by atoms with Crippen molar-refractivity contribution < 1.29 is 17.9 Å². The van der Waals surface area contributed by atoms with Crippen LogP contribution in [0.2, 0.25) is 0 Å². The van der Waals surface area contributed by atoms with Gasteiger partial charge in [0.05, 0.1) is 6.10 Å². The van der Waals surface area contributed by atoms with Gasteiger partial charge in [0.15, 0.2) is 0 Å². The Morgan fingerprint density at radius 3 is 2.46 bits per heavy atom. The molecule has 0 unspecified atom stereocenters. The van der Waals surface area contributed by atoms with Crippen molar-refractivity contribution in [3.63, 3.8) is 0 Å². The van der Waals surface area contributed by atoms with E-state index in [2.05, 4.69) is 4.98 Å². The van der Waals surface area contributed by atoms with Crippen LogP contribution in [0.4, 0.5) is 0 Å². The van der Waals surface area contributed by atoms with E-state index in [-0.39, 0.29) is 12.0 Å². The lowest BCUT2D eigenvalue weighted by molar-refractivity contribution is 0.00872. The van der Waals surface area contributed by atoms with Crippen molar-refractivity contribution >= 4 is 27.0 Å². The second kappa shape index (κ2) is 6.66. The molecule has 0 radical (unpaired) electrons. The van der Waals surface area contributed by atoms with Crippen LogP contribution >= 0.6 is 0 Å². The summed E-state index contributed by atoms with van der Waals surface area (Å²) in [5.74, 6) is -0.0957. The first-order valence-electron chi connectivity index (χ1n) is 8.64. The molecule has 2 aliphatic rings. The number of methoxy groups -OCH3 is 1. The summed E-state index contributed by atoms with van der Waals surface area (Å²) >= 11 is 0. The Morgan fingerprint density at radius 2 is 1.81 bits per heavy atom. The van der Waals surface area contributed by atoms with Crippen molar-refractivity contribution in [1.29, 1.82) is 0 Å². The molecule has 3 heterocycles. The number of ether oxygens (including phenoxy) is 1. The fourth-order valence-corrected chi connectivity index (χ4v) is 5.04. The Morgan fingerprint density at radius 1 is 1.12 bits per heavy atom. The molecule has 0 aliphatic carbocycles. The first-order chi connectivity index (χ1) is 12.5. The van der Waals surface area contributed by atoms with Crippen LogP contribution in [-0.4, -0.2) is 85.3 Å². The van der Waals surface area contributed by atoms with Crippen LogP contribution in [0.1, 0.15) is 10.5 Å². The average molecular weight is 378 g/mol. The molecule has 9 heteroatoms. The van der Waals surface area contributed by atoms with Gasteiger partial charge in [-0.3, -0.25) is 4.79 Å². The fourth-order valence-electron chi connectivity index (χ4n) is 3.38. The van der Waals surface area contributed by atoms with Gasteiger partial charge in [-0.2, -0.15) is 17.0 Å². The predicted octanol–water partition coefficient (Wildman–Crippen LogP) is 0.501. The number of carbonyl (C=O) groups excluding carboxylic acids is 1. The van der Waals surface area contributed by atoms with E-state index < -0.39 is 10.2 Å². The van der Waals surface area contributed by atoms with E-state index in [9.17, 15) is 13.2 Å². The topological polar surface area (TPSA) is 85.9 Å². The van der Waals surface area contributed by atoms with Crippen molar-refractivity contribution in [1.82, 2.24) is 18.5 Å². The lowest BCUT2D eigenvalue weighted by atomic mass is 10.2. The highest BCUT2D eigenvalue weighted by Crippen LogP contribution is 2.21. The van der Waals surface area contributed by atoms with E-state index in [1.807, 2.05) is 30.3 Å². The summed E-state index contributed by atoms with van der Waals surface area (Å²) in [6, 6.07) is 9.56. The smallest absolute Gasteiger partial charge is 0.282 e. The molecule has 2 aliphatic heterocycles. The van der Waals surface area contributed by atoms with Gasteiger partial charge in [0.25, 0.3) is 16.1 Å². The minimum absolute atomic E-state index is 0.0188. The molecule has 0 atom stereocenters. The number of carbonyl (C=O) groups is 1. The first kappa shape index (κ1) is 17.5. The maximum absolute atomic E-state index is 12.7. The minimum atomic E-state index is -3.46. The lowest BCUT2D eigenvalue weighted by Crippen LogP contribution is -2.61. The van der Waals surface area contributed by atoms with E-state index in [1.54, 1.807) is 12.0 Å². The molecular formula is C17H22N4O4S. The van der Waals surface area contributed by atoms with Crippen molar-refractivity contribution in [2.45, 2.75) is 6.10 Å². The predicted molar refractivity (Wildman–Crippen MR) is 97.1 cm³/mol. The number of benzene rings is 1. The molecule has 1 aromatic heterocycles. The number of para-hydroxylation sites is 1. The number of rotatable bonds is 4. The summed E-state index contributed by atoms with van der Waals surface area (Å²) in [5.41, 5.74) is 1.45. The molecule has 2 saturated heterocycles. The Labute approximate surface area is 152 Å². The zero-order valence-corrected chi connectivity index (χ0v) is 15.4. The monoisotopic (exact) mass is 378 g/mol. The van der Waals surface area contributed by atoms with Gasteiger partial charge in [0.1, 0.15) is 5.69 Å². The summed E-state index contributed by atoms with van der Waals surface area (Å²) in [5, 5.41) is 0.988. The van der Waals surface area contributed by atoms with Gasteiger partial charge in [-0.15, -0.1) is 0 Å². The largest absolute Gasteiger partial charge is 0.379 e. The molecule has 2 aromatic rings. The Kier molecular flexibility index (Phi) is 4.47. The van der Waals surface area contributed by atoms with Gasteiger partial charge in [-0.25, -0.2) is 0 Å². The number of hydrogen-bond donors (Lipinski definition) is 1. The molecule has 1 amide bonds. The highest BCUT2D eigenvalue weighted by molar-refractivity contribution is 7.86. The van der Waals surface area contributed by atoms with Gasteiger partial charge >= 0.3 is 0 Å². The SMILES string of the molecule is COC1CN(S(=O)(=O)N2CCN(C(=O)c3cc4ccccc4[nH]3)CC2)C1. The molecule has 0 saturated carbocycles. The summed E-state index contributed by atoms with van der Waals surface area (Å²) in [7, 11) is -1.88. The molecule has 0 bridgehead atoms. The number of nitrogens with zero attached hydrogens (tertiary/aromatic N) is 3. The molecule has 26 heavy (non-hydrogen) atoms. The van der Waals surface area contributed by atoms with Crippen LogP contribution in [0.15, 0.2) is 30.3 Å². The van der Waals surface area contributed by atoms with Crippen molar-refractivity contribution in [2.75, 3.05) is 46.4 Å². The number of amides is 1. The fraction of sp³-hybridized carbons (Fsp3) is 0.471. The zero-order chi connectivity index (χ0) is 18.3. The second-order valence-corrected chi connectivity index (χ2v) is 8.57. The highest BCUT2D eigenvalue weighted by Gasteiger charge is 2.40. The highest BCUT2D eigenvalue weighted by atomic mass is 32.2. The number of piperazine rings is 1. The molecule has 0 spiro atoms. The maximum atomic E-state index is 12.7. The van der Waals surface area contributed by atoms with E-state index >= 15 is 0 Å². The molecular weight excluding hydrogens is 356 g/mol. The third-order valence-electron chi connectivity index (χ3n) is 5.09. The molecule has 8 nitrogen and oxygen atoms in total. The molecule has 4 rings (SSSR count). The Hall–Kier alpha value is -1.94. The van der Waals surface area contributed by atoms with Gasteiger partial charge in [0, 0.05) is 57.3 Å². The Balaban J connectivity index is 1.39. The number of nitrogens with one attached hydrogen (secondary N) is 1. The number of aromatic amines is 1. The quantitative estimate of drug-likeness (QED) is 0.840. The van der Waals surface area contributed by atoms with E-state index in [0.717, 1.165) is 10.9 Å². The Bertz CT molecular complexity index is 879. The van der Waals surface area contributed by atoms with Crippen molar-refractivity contribution in [3.05, 3.63) is 36.0 Å². The van der Waals surface area contributed by atoms with Gasteiger partial charge < -0.3 is 14.6 Å². The van der Waals surface area contributed by atoms with E-state index in [4.69, 9.17) is 4.74 Å². The number of H-pyrrole nitrogens is 1. The van der Waals surface area contributed by atoms with Crippen LogP contribution < -0.4 is 0 Å². The van der Waals surface area contributed by atoms with Gasteiger partial charge in [-0.1, -0.05) is 18.2 Å². The summed E-state index contributed by atoms with van der Waals surface area (Å²) in [6.07, 6.45) is -0.0188. The van der Waals surface area contributed by atoms with Gasteiger partial charge in [-0.05, 0) is 12.1 Å². The molecule has 1 N–H and O–H groups in total. The number of hydrogen-bond acceptors (Lipinski definition) is 4. The molecule has 2 fully saturated rings. The maximum Gasteiger partial charge on any atom is 0.282 e. The van der Waals surface area contributed by atoms with Crippen LogP contribution in [-0.2, 0) is 14.9 Å². The first-order valence-corrected chi connectivity index (χ1v) is 10.0. The van der Waals surface area contributed by atoms with Crippen LogP contribution in [0.25, 0.3) is 10.9 Å². The number of aromatic nitrogens is 1. The normalized spacial score (nSPS) is 20.4.